The number of rotatable bonds is 3. The first kappa shape index (κ1) is 16.4. The molecule has 1 aliphatic rings. The molecule has 8 heteroatoms. The van der Waals surface area contributed by atoms with Gasteiger partial charge in [-0.15, -0.1) is 5.10 Å². The molecule has 2 aromatic rings. The maximum absolute atomic E-state index is 12.7. The van der Waals surface area contributed by atoms with Gasteiger partial charge in [-0.05, 0) is 31.9 Å². The Labute approximate surface area is 143 Å². The fraction of sp³-hybridized carbons (Fsp3) is 0.375. The first-order valence-corrected chi connectivity index (χ1v) is 8.08. The van der Waals surface area contributed by atoms with E-state index in [-0.39, 0.29) is 17.6 Å². The summed E-state index contributed by atoms with van der Waals surface area (Å²) in [5, 5.41) is 17.7. The zero-order valence-electron chi connectivity index (χ0n) is 13.1. The van der Waals surface area contributed by atoms with Crippen LogP contribution in [-0.4, -0.2) is 49.5 Å². The van der Waals surface area contributed by atoms with Gasteiger partial charge in [0.25, 0.3) is 5.91 Å². The lowest BCUT2D eigenvalue weighted by Gasteiger charge is -2.36. The van der Waals surface area contributed by atoms with Crippen LogP contribution in [0.25, 0.3) is 5.69 Å². The molecule has 126 valence electrons. The first-order chi connectivity index (χ1) is 11.5. The lowest BCUT2D eigenvalue weighted by molar-refractivity contribution is -0.144. The zero-order chi connectivity index (χ0) is 17.3. The molecule has 3 rings (SSSR count). The van der Waals surface area contributed by atoms with E-state index >= 15 is 0 Å². The minimum absolute atomic E-state index is 0.174. The quantitative estimate of drug-likeness (QED) is 0.919. The van der Waals surface area contributed by atoms with Gasteiger partial charge >= 0.3 is 5.97 Å². The van der Waals surface area contributed by atoms with Crippen LogP contribution in [-0.2, 0) is 4.79 Å². The number of aromatic nitrogens is 3. The van der Waals surface area contributed by atoms with Crippen molar-refractivity contribution in [3.8, 4) is 5.69 Å². The largest absolute Gasteiger partial charge is 0.481 e. The first-order valence-electron chi connectivity index (χ1n) is 7.70. The lowest BCUT2D eigenvalue weighted by atomic mass is 9.90. The summed E-state index contributed by atoms with van der Waals surface area (Å²) in [7, 11) is 0. The van der Waals surface area contributed by atoms with Gasteiger partial charge in [0.2, 0.25) is 0 Å². The van der Waals surface area contributed by atoms with Crippen molar-refractivity contribution >= 4 is 23.5 Å². The molecule has 1 aromatic carbocycles. The highest BCUT2D eigenvalue weighted by Crippen LogP contribution is 2.25. The summed E-state index contributed by atoms with van der Waals surface area (Å²) in [5.41, 5.74) is 0.800. The highest BCUT2D eigenvalue weighted by atomic mass is 35.5. The van der Waals surface area contributed by atoms with Gasteiger partial charge in [0.15, 0.2) is 5.69 Å². The Morgan fingerprint density at radius 1 is 1.33 bits per heavy atom. The minimum atomic E-state index is -0.875. The number of likely N-dealkylation sites (tertiary alicyclic amines) is 1. The number of halogens is 1. The number of hydrogen-bond acceptors (Lipinski definition) is 4. The number of para-hydroxylation sites is 1. The summed E-state index contributed by atoms with van der Waals surface area (Å²) in [6.45, 7) is 2.27. The summed E-state index contributed by atoms with van der Waals surface area (Å²) in [6.07, 6.45) is 2.75. The van der Waals surface area contributed by atoms with E-state index in [0.29, 0.717) is 30.1 Å². The molecule has 0 bridgehead atoms. The zero-order valence-corrected chi connectivity index (χ0v) is 13.8. The molecule has 0 saturated carbocycles. The molecular weight excluding hydrogens is 332 g/mol. The van der Waals surface area contributed by atoms with Gasteiger partial charge in [-0.3, -0.25) is 9.59 Å². The maximum atomic E-state index is 12.7. The van der Waals surface area contributed by atoms with Gasteiger partial charge in [0, 0.05) is 12.6 Å². The molecule has 1 amide bonds. The number of carboxylic acid groups (broad SMARTS) is 1. The Hall–Kier alpha value is -2.41. The minimum Gasteiger partial charge on any atom is -0.481 e. The second-order valence-corrected chi connectivity index (χ2v) is 6.23. The summed E-state index contributed by atoms with van der Waals surface area (Å²) < 4.78 is 1.44. The van der Waals surface area contributed by atoms with Gasteiger partial charge in [-0.1, -0.05) is 28.9 Å². The molecule has 1 aromatic heterocycles. The number of carbonyl (C=O) groups excluding carboxylic acids is 1. The van der Waals surface area contributed by atoms with E-state index in [2.05, 4.69) is 10.3 Å². The van der Waals surface area contributed by atoms with Gasteiger partial charge in [0.05, 0.1) is 22.8 Å². The Balaban J connectivity index is 1.84. The van der Waals surface area contributed by atoms with Crippen molar-refractivity contribution in [2.24, 2.45) is 5.92 Å². The van der Waals surface area contributed by atoms with E-state index in [1.54, 1.807) is 30.0 Å². The molecule has 1 fully saturated rings. The molecule has 0 spiro atoms. The van der Waals surface area contributed by atoms with E-state index < -0.39 is 11.9 Å². The molecular formula is C16H17ClN4O3. The normalized spacial score (nSPS) is 20.8. The molecule has 1 saturated heterocycles. The highest BCUT2D eigenvalue weighted by Gasteiger charge is 2.36. The second kappa shape index (κ2) is 6.60. The van der Waals surface area contributed by atoms with Crippen LogP contribution in [0.1, 0.15) is 30.3 Å². The monoisotopic (exact) mass is 348 g/mol. The third-order valence-corrected chi connectivity index (χ3v) is 4.70. The van der Waals surface area contributed by atoms with Crippen molar-refractivity contribution in [3.05, 3.63) is 41.2 Å². The summed E-state index contributed by atoms with van der Waals surface area (Å²) in [6, 6.07) is 6.74. The lowest BCUT2D eigenvalue weighted by Crippen LogP contribution is -2.49. The van der Waals surface area contributed by atoms with E-state index in [0.717, 1.165) is 0 Å². The third kappa shape index (κ3) is 2.99. The average Bonchev–Trinajstić information content (AvgIpc) is 3.04. The molecule has 2 heterocycles. The Kier molecular flexibility index (Phi) is 4.53. The highest BCUT2D eigenvalue weighted by molar-refractivity contribution is 6.32. The molecule has 1 N–H and O–H groups in total. The fourth-order valence-electron chi connectivity index (χ4n) is 3.02. The number of benzene rings is 1. The maximum Gasteiger partial charge on any atom is 0.308 e. The third-order valence-electron chi connectivity index (χ3n) is 4.38. The SMILES string of the molecule is C[C@@H]1[C@H](C(=O)O)CCCN1C(=O)c1cn(-c2ccccc2Cl)nn1. The van der Waals surface area contributed by atoms with Crippen molar-refractivity contribution < 1.29 is 14.7 Å². The second-order valence-electron chi connectivity index (χ2n) is 5.83. The Morgan fingerprint density at radius 3 is 2.79 bits per heavy atom. The fourth-order valence-corrected chi connectivity index (χ4v) is 3.25. The topological polar surface area (TPSA) is 88.3 Å². The van der Waals surface area contributed by atoms with Gasteiger partial charge < -0.3 is 10.0 Å². The number of carbonyl (C=O) groups is 2. The van der Waals surface area contributed by atoms with Crippen LogP contribution in [0.4, 0.5) is 0 Å². The van der Waals surface area contributed by atoms with E-state index in [4.69, 9.17) is 11.6 Å². The van der Waals surface area contributed by atoms with Crippen LogP contribution in [0.3, 0.4) is 0 Å². The van der Waals surface area contributed by atoms with Crippen LogP contribution >= 0.6 is 11.6 Å². The number of nitrogens with zero attached hydrogens (tertiary/aromatic N) is 4. The van der Waals surface area contributed by atoms with Crippen LogP contribution < -0.4 is 0 Å². The van der Waals surface area contributed by atoms with Crippen LogP contribution in [0.2, 0.25) is 5.02 Å². The molecule has 1 aliphatic heterocycles. The Morgan fingerprint density at radius 2 is 2.08 bits per heavy atom. The predicted octanol–water partition coefficient (Wildman–Crippen LogP) is 2.25. The van der Waals surface area contributed by atoms with Crippen LogP contribution in [0.5, 0.6) is 0 Å². The molecule has 7 nitrogen and oxygen atoms in total. The number of amides is 1. The van der Waals surface area contributed by atoms with Gasteiger partial charge in [-0.25, -0.2) is 4.68 Å². The summed E-state index contributed by atoms with van der Waals surface area (Å²) in [5.74, 6) is -1.74. The van der Waals surface area contributed by atoms with Crippen LogP contribution in [0.15, 0.2) is 30.5 Å². The standard InChI is InChI=1S/C16H17ClN4O3/c1-10-11(16(23)24)5-4-8-20(10)15(22)13-9-21(19-18-13)14-7-3-2-6-12(14)17/h2-3,6-7,9-11H,4-5,8H2,1H3,(H,23,24)/t10-,11-/m1/s1. The molecule has 24 heavy (non-hydrogen) atoms. The van der Waals surface area contributed by atoms with Gasteiger partial charge in [-0.2, -0.15) is 0 Å². The molecule has 0 aliphatic carbocycles. The number of carboxylic acids is 1. The van der Waals surface area contributed by atoms with Crippen LogP contribution in [0, 0.1) is 5.92 Å². The smallest absolute Gasteiger partial charge is 0.308 e. The van der Waals surface area contributed by atoms with E-state index in [1.807, 2.05) is 6.07 Å². The van der Waals surface area contributed by atoms with Crippen molar-refractivity contribution in [2.75, 3.05) is 6.54 Å². The van der Waals surface area contributed by atoms with Gasteiger partial charge in [0.1, 0.15) is 0 Å². The van der Waals surface area contributed by atoms with E-state index in [1.165, 1.54) is 10.9 Å². The van der Waals surface area contributed by atoms with E-state index in [9.17, 15) is 14.7 Å². The summed E-state index contributed by atoms with van der Waals surface area (Å²) >= 11 is 6.12. The average molecular weight is 349 g/mol. The Bertz CT molecular complexity index is 776. The molecule has 0 unspecified atom stereocenters. The van der Waals surface area contributed by atoms with Crippen molar-refractivity contribution in [1.29, 1.82) is 0 Å². The summed E-state index contributed by atoms with van der Waals surface area (Å²) in [4.78, 5) is 25.6. The molecule has 0 radical (unpaired) electrons. The van der Waals surface area contributed by atoms with Crippen molar-refractivity contribution in [1.82, 2.24) is 19.9 Å². The van der Waals surface area contributed by atoms with Crippen molar-refractivity contribution in [3.63, 3.8) is 0 Å². The number of hydrogen-bond donors (Lipinski definition) is 1. The predicted molar refractivity (Wildman–Crippen MR) is 87.2 cm³/mol. The number of aliphatic carboxylic acids is 1. The number of piperidine rings is 1. The van der Waals surface area contributed by atoms with Crippen molar-refractivity contribution in [2.45, 2.75) is 25.8 Å². The molecule has 2 atom stereocenters.